The minimum atomic E-state index is -0.432. The highest BCUT2D eigenvalue weighted by Crippen LogP contribution is 2.40. The molecule has 2 rings (SSSR count). The normalized spacial score (nSPS) is 12.7. The Hall–Kier alpha value is -3.12. The summed E-state index contributed by atoms with van der Waals surface area (Å²) in [5, 5.41) is 19.7. The number of benzene rings is 2. The van der Waals surface area contributed by atoms with Gasteiger partial charge in [-0.2, -0.15) is 5.26 Å². The topological polar surface area (TPSA) is 61.1 Å². The predicted octanol–water partition coefficient (Wildman–Crippen LogP) is 5.10. The third kappa shape index (κ3) is 3.75. The number of ketones is 1. The summed E-state index contributed by atoms with van der Waals surface area (Å²) < 4.78 is 0. The van der Waals surface area contributed by atoms with Crippen LogP contribution >= 0.6 is 0 Å². The second kappa shape index (κ2) is 7.84. The number of phenols is 1. The monoisotopic (exact) mass is 345 g/mol. The fraction of sp³-hybridized carbons (Fsp3) is 0.217. The Labute approximate surface area is 154 Å². The summed E-state index contributed by atoms with van der Waals surface area (Å²) in [5.74, 6) is -0.366. The van der Waals surface area contributed by atoms with Gasteiger partial charge in [0, 0.05) is 17.1 Å². The molecular formula is C23H23NO2. The average Bonchev–Trinajstić information content (AvgIpc) is 2.61. The summed E-state index contributed by atoms with van der Waals surface area (Å²) in [6.45, 7) is 11.0. The Kier molecular flexibility index (Phi) is 5.79. The Bertz CT molecular complexity index is 945. The molecular weight excluding hydrogens is 322 g/mol. The number of phenolic OH excluding ortho intramolecular Hbond substituents is 1. The standard InChI is InChI=1S/C23H23NO2/c1-6-15(3)22(17(5)25)23(20-11-14(2)7-10-21(20)26)19-9-8-18(13-24)12-16(19)4/h6-12,23,26H,1H2,2-5H3/b22-15-/t23-/m1/s1. The summed E-state index contributed by atoms with van der Waals surface area (Å²) in [7, 11) is 0. The van der Waals surface area contributed by atoms with E-state index in [4.69, 9.17) is 5.26 Å². The van der Waals surface area contributed by atoms with Gasteiger partial charge in [-0.25, -0.2) is 0 Å². The number of nitrogens with zero attached hydrogens (tertiary/aromatic N) is 1. The highest BCUT2D eigenvalue weighted by molar-refractivity contribution is 5.97. The Morgan fingerprint density at radius 2 is 1.85 bits per heavy atom. The molecule has 0 fully saturated rings. The van der Waals surface area contributed by atoms with E-state index in [0.29, 0.717) is 16.7 Å². The molecule has 0 saturated carbocycles. The van der Waals surface area contributed by atoms with Crippen LogP contribution in [0, 0.1) is 25.2 Å². The summed E-state index contributed by atoms with van der Waals surface area (Å²) in [4.78, 5) is 12.5. The van der Waals surface area contributed by atoms with Crippen molar-refractivity contribution in [3.63, 3.8) is 0 Å². The van der Waals surface area contributed by atoms with Crippen molar-refractivity contribution in [1.82, 2.24) is 0 Å². The molecule has 0 aromatic heterocycles. The van der Waals surface area contributed by atoms with Gasteiger partial charge in [0.15, 0.2) is 5.78 Å². The molecule has 0 aliphatic carbocycles. The molecule has 0 aliphatic rings. The van der Waals surface area contributed by atoms with E-state index in [2.05, 4.69) is 12.6 Å². The lowest BCUT2D eigenvalue weighted by Crippen LogP contribution is -2.14. The van der Waals surface area contributed by atoms with E-state index < -0.39 is 5.92 Å². The van der Waals surface area contributed by atoms with Gasteiger partial charge >= 0.3 is 0 Å². The van der Waals surface area contributed by atoms with Crippen LogP contribution in [0.5, 0.6) is 5.75 Å². The Morgan fingerprint density at radius 1 is 1.15 bits per heavy atom. The molecule has 3 nitrogen and oxygen atoms in total. The number of carbonyl (C=O) groups excluding carboxylic acids is 1. The third-order valence-corrected chi connectivity index (χ3v) is 4.60. The first-order valence-corrected chi connectivity index (χ1v) is 8.44. The van der Waals surface area contributed by atoms with Gasteiger partial charge in [0.2, 0.25) is 0 Å². The molecule has 2 aromatic rings. The van der Waals surface area contributed by atoms with Crippen LogP contribution in [0.15, 0.2) is 60.2 Å². The van der Waals surface area contributed by atoms with Crippen molar-refractivity contribution in [2.75, 3.05) is 0 Å². The first-order valence-electron chi connectivity index (χ1n) is 8.44. The summed E-state index contributed by atoms with van der Waals surface area (Å²) in [6, 6.07) is 12.9. The van der Waals surface area contributed by atoms with Crippen LogP contribution in [0.4, 0.5) is 0 Å². The minimum absolute atomic E-state index is 0.0722. The van der Waals surface area contributed by atoms with E-state index in [-0.39, 0.29) is 11.5 Å². The van der Waals surface area contributed by atoms with E-state index in [9.17, 15) is 9.90 Å². The SMILES string of the molecule is C=C/C(C)=C(/C(C)=O)[C@H](c1ccc(C#N)cc1C)c1cc(C)ccc1O. The molecule has 1 atom stereocenters. The molecule has 0 aliphatic heterocycles. The Balaban J connectivity index is 2.87. The molecule has 0 heterocycles. The first kappa shape index (κ1) is 19.2. The molecule has 0 spiro atoms. The molecule has 0 saturated heterocycles. The number of hydrogen-bond acceptors (Lipinski definition) is 3. The lowest BCUT2D eigenvalue weighted by molar-refractivity contribution is -0.113. The minimum Gasteiger partial charge on any atom is -0.508 e. The summed E-state index contributed by atoms with van der Waals surface area (Å²) in [6.07, 6.45) is 1.66. The second-order valence-corrected chi connectivity index (χ2v) is 6.54. The molecule has 3 heteroatoms. The van der Waals surface area contributed by atoms with Crippen molar-refractivity contribution in [2.24, 2.45) is 0 Å². The lowest BCUT2D eigenvalue weighted by atomic mass is 9.78. The molecule has 26 heavy (non-hydrogen) atoms. The van der Waals surface area contributed by atoms with Gasteiger partial charge in [-0.3, -0.25) is 4.79 Å². The van der Waals surface area contributed by atoms with Crippen molar-refractivity contribution in [3.8, 4) is 11.8 Å². The second-order valence-electron chi connectivity index (χ2n) is 6.54. The van der Waals surface area contributed by atoms with Crippen molar-refractivity contribution in [1.29, 1.82) is 5.26 Å². The molecule has 2 aromatic carbocycles. The highest BCUT2D eigenvalue weighted by atomic mass is 16.3. The first-order chi connectivity index (χ1) is 12.3. The number of allylic oxidation sites excluding steroid dienone is 3. The van der Waals surface area contributed by atoms with Crippen LogP contribution in [0.1, 0.15) is 47.6 Å². The van der Waals surface area contributed by atoms with E-state index in [1.165, 1.54) is 6.92 Å². The van der Waals surface area contributed by atoms with Gasteiger partial charge in [-0.15, -0.1) is 0 Å². The van der Waals surface area contributed by atoms with Crippen LogP contribution in [-0.4, -0.2) is 10.9 Å². The zero-order chi connectivity index (χ0) is 19.4. The molecule has 0 radical (unpaired) electrons. The maximum Gasteiger partial charge on any atom is 0.157 e. The predicted molar refractivity (Wildman–Crippen MR) is 104 cm³/mol. The molecule has 0 bridgehead atoms. The molecule has 132 valence electrons. The number of hydrogen-bond donors (Lipinski definition) is 1. The summed E-state index contributed by atoms with van der Waals surface area (Å²) >= 11 is 0. The summed E-state index contributed by atoms with van der Waals surface area (Å²) in [5.41, 5.74) is 5.37. The van der Waals surface area contributed by atoms with E-state index in [0.717, 1.165) is 22.3 Å². The quantitative estimate of drug-likeness (QED) is 0.605. The number of aromatic hydroxyl groups is 1. The van der Waals surface area contributed by atoms with Gasteiger partial charge in [-0.1, -0.05) is 36.4 Å². The average molecular weight is 345 g/mol. The van der Waals surface area contributed by atoms with Gasteiger partial charge in [0.25, 0.3) is 0 Å². The van der Waals surface area contributed by atoms with Crippen molar-refractivity contribution in [3.05, 3.63) is 88.0 Å². The van der Waals surface area contributed by atoms with Crippen LogP contribution in [-0.2, 0) is 4.79 Å². The third-order valence-electron chi connectivity index (χ3n) is 4.60. The van der Waals surface area contributed by atoms with Gasteiger partial charge in [-0.05, 0) is 62.6 Å². The van der Waals surface area contributed by atoms with Crippen molar-refractivity contribution >= 4 is 5.78 Å². The fourth-order valence-electron chi connectivity index (χ4n) is 3.27. The smallest absolute Gasteiger partial charge is 0.157 e. The lowest BCUT2D eigenvalue weighted by Gasteiger charge is -2.24. The molecule has 0 unspecified atom stereocenters. The van der Waals surface area contributed by atoms with Gasteiger partial charge < -0.3 is 5.11 Å². The van der Waals surface area contributed by atoms with Crippen LogP contribution in [0.3, 0.4) is 0 Å². The van der Waals surface area contributed by atoms with Crippen molar-refractivity contribution < 1.29 is 9.90 Å². The maximum absolute atomic E-state index is 12.5. The van der Waals surface area contributed by atoms with Gasteiger partial charge in [0.05, 0.1) is 11.6 Å². The maximum atomic E-state index is 12.5. The van der Waals surface area contributed by atoms with E-state index in [1.54, 1.807) is 24.3 Å². The largest absolute Gasteiger partial charge is 0.508 e. The molecule has 0 amide bonds. The number of rotatable bonds is 5. The fourth-order valence-corrected chi connectivity index (χ4v) is 3.27. The highest BCUT2D eigenvalue weighted by Gasteiger charge is 2.27. The van der Waals surface area contributed by atoms with Gasteiger partial charge in [0.1, 0.15) is 5.75 Å². The number of carbonyl (C=O) groups is 1. The Morgan fingerprint density at radius 3 is 2.38 bits per heavy atom. The molecule has 1 N–H and O–H groups in total. The van der Waals surface area contributed by atoms with E-state index >= 15 is 0 Å². The van der Waals surface area contributed by atoms with Crippen molar-refractivity contribution in [2.45, 2.75) is 33.6 Å². The number of nitriles is 1. The number of aryl methyl sites for hydroxylation is 2. The van der Waals surface area contributed by atoms with Crippen LogP contribution in [0.2, 0.25) is 0 Å². The number of Topliss-reactive ketones (excluding diaryl/α,β-unsaturated/α-hetero) is 1. The zero-order valence-electron chi connectivity index (χ0n) is 15.6. The van der Waals surface area contributed by atoms with Crippen LogP contribution in [0.25, 0.3) is 0 Å². The van der Waals surface area contributed by atoms with Crippen LogP contribution < -0.4 is 0 Å². The zero-order valence-corrected chi connectivity index (χ0v) is 15.6. The van der Waals surface area contributed by atoms with E-state index in [1.807, 2.05) is 39.0 Å².